The lowest BCUT2D eigenvalue weighted by molar-refractivity contribution is -0.143. The molecular formula is C10H10O3. The average Bonchev–Trinajstić information content (AvgIpc) is 2.15. The van der Waals surface area contributed by atoms with E-state index in [0.29, 0.717) is 0 Å². The number of hydrogen-bond donors (Lipinski definition) is 2. The largest absolute Gasteiger partial charge is 0.479 e. The molecule has 0 aliphatic rings. The molecule has 0 bridgehead atoms. The van der Waals surface area contributed by atoms with E-state index in [1.807, 2.05) is 30.3 Å². The van der Waals surface area contributed by atoms with Gasteiger partial charge in [0, 0.05) is 0 Å². The van der Waals surface area contributed by atoms with Crippen LogP contribution in [0.2, 0.25) is 0 Å². The molecule has 0 radical (unpaired) electrons. The highest BCUT2D eigenvalue weighted by Crippen LogP contribution is 2.01. The third-order valence-corrected chi connectivity index (χ3v) is 1.52. The van der Waals surface area contributed by atoms with Crippen LogP contribution in [0, 0.1) is 0 Å². The van der Waals surface area contributed by atoms with E-state index >= 15 is 0 Å². The standard InChI is InChI=1S/C10H10O3/c11-9(10(12)13)7-6-8-4-2-1-3-5-8/h1-7,9,11H,(H,12,13)/b7-6+/t9-/m0/s1. The molecule has 0 saturated heterocycles. The number of carboxylic acids is 1. The Morgan fingerprint density at radius 3 is 2.46 bits per heavy atom. The summed E-state index contributed by atoms with van der Waals surface area (Å²) in [5, 5.41) is 17.3. The van der Waals surface area contributed by atoms with E-state index in [0.717, 1.165) is 5.56 Å². The van der Waals surface area contributed by atoms with Crippen molar-refractivity contribution in [3.63, 3.8) is 0 Å². The maximum atomic E-state index is 10.2. The van der Waals surface area contributed by atoms with Crippen molar-refractivity contribution in [3.05, 3.63) is 42.0 Å². The van der Waals surface area contributed by atoms with Crippen LogP contribution in [0.4, 0.5) is 0 Å². The van der Waals surface area contributed by atoms with Gasteiger partial charge in [-0.1, -0.05) is 36.4 Å². The van der Waals surface area contributed by atoms with Gasteiger partial charge in [0.15, 0.2) is 6.10 Å². The van der Waals surface area contributed by atoms with E-state index in [2.05, 4.69) is 0 Å². The zero-order chi connectivity index (χ0) is 9.68. The van der Waals surface area contributed by atoms with Crippen LogP contribution < -0.4 is 0 Å². The molecule has 0 aliphatic heterocycles. The Balaban J connectivity index is 2.64. The number of hydrogen-bond acceptors (Lipinski definition) is 2. The number of rotatable bonds is 3. The quantitative estimate of drug-likeness (QED) is 0.729. The molecule has 0 unspecified atom stereocenters. The number of benzene rings is 1. The van der Waals surface area contributed by atoms with Crippen molar-refractivity contribution in [1.82, 2.24) is 0 Å². The van der Waals surface area contributed by atoms with Crippen molar-refractivity contribution in [1.29, 1.82) is 0 Å². The Labute approximate surface area is 76.0 Å². The van der Waals surface area contributed by atoms with Gasteiger partial charge in [0.1, 0.15) is 0 Å². The first kappa shape index (κ1) is 9.48. The van der Waals surface area contributed by atoms with Crippen LogP contribution in [0.3, 0.4) is 0 Å². The molecule has 1 rings (SSSR count). The van der Waals surface area contributed by atoms with Gasteiger partial charge in [-0.25, -0.2) is 4.79 Å². The molecule has 13 heavy (non-hydrogen) atoms. The van der Waals surface area contributed by atoms with Crippen LogP contribution in [0.25, 0.3) is 6.08 Å². The first-order valence-corrected chi connectivity index (χ1v) is 3.84. The molecule has 0 fully saturated rings. The molecule has 0 amide bonds. The van der Waals surface area contributed by atoms with Crippen molar-refractivity contribution in [2.75, 3.05) is 0 Å². The molecule has 0 saturated carbocycles. The van der Waals surface area contributed by atoms with E-state index in [9.17, 15) is 4.79 Å². The fourth-order valence-electron chi connectivity index (χ4n) is 0.849. The van der Waals surface area contributed by atoms with E-state index in [-0.39, 0.29) is 0 Å². The van der Waals surface area contributed by atoms with Crippen LogP contribution in [0.5, 0.6) is 0 Å². The molecule has 1 aromatic carbocycles. The van der Waals surface area contributed by atoms with Gasteiger partial charge in [0.05, 0.1) is 0 Å². The molecule has 3 heteroatoms. The highest BCUT2D eigenvalue weighted by atomic mass is 16.4. The Morgan fingerprint density at radius 1 is 1.31 bits per heavy atom. The third-order valence-electron chi connectivity index (χ3n) is 1.52. The lowest BCUT2D eigenvalue weighted by atomic mass is 10.2. The van der Waals surface area contributed by atoms with E-state index in [1.165, 1.54) is 6.08 Å². The highest BCUT2D eigenvalue weighted by molar-refractivity contribution is 5.75. The summed E-state index contributed by atoms with van der Waals surface area (Å²) >= 11 is 0. The fraction of sp³-hybridized carbons (Fsp3) is 0.100. The van der Waals surface area contributed by atoms with Gasteiger partial charge in [0.2, 0.25) is 0 Å². The molecule has 0 spiro atoms. The minimum Gasteiger partial charge on any atom is -0.479 e. The Kier molecular flexibility index (Phi) is 3.23. The Hall–Kier alpha value is -1.61. The molecular weight excluding hydrogens is 168 g/mol. The zero-order valence-electron chi connectivity index (χ0n) is 6.92. The minimum absolute atomic E-state index is 0.864. The van der Waals surface area contributed by atoms with Crippen molar-refractivity contribution in [3.8, 4) is 0 Å². The highest BCUT2D eigenvalue weighted by Gasteiger charge is 2.06. The molecule has 3 nitrogen and oxygen atoms in total. The molecule has 0 aromatic heterocycles. The predicted octanol–water partition coefficient (Wildman–Crippen LogP) is 1.15. The van der Waals surface area contributed by atoms with Crippen LogP contribution in [0.1, 0.15) is 5.56 Å². The normalized spacial score (nSPS) is 13.0. The molecule has 2 N–H and O–H groups in total. The second-order valence-electron chi connectivity index (χ2n) is 2.55. The van der Waals surface area contributed by atoms with Gasteiger partial charge in [-0.15, -0.1) is 0 Å². The van der Waals surface area contributed by atoms with Gasteiger partial charge in [-0.3, -0.25) is 0 Å². The average molecular weight is 178 g/mol. The van der Waals surface area contributed by atoms with E-state index < -0.39 is 12.1 Å². The summed E-state index contributed by atoms with van der Waals surface area (Å²) in [5.74, 6) is -1.24. The second kappa shape index (κ2) is 4.42. The summed E-state index contributed by atoms with van der Waals surface area (Å²) < 4.78 is 0. The van der Waals surface area contributed by atoms with Crippen LogP contribution in [-0.4, -0.2) is 22.3 Å². The monoisotopic (exact) mass is 178 g/mol. The van der Waals surface area contributed by atoms with E-state index in [1.54, 1.807) is 6.08 Å². The molecule has 0 aliphatic carbocycles. The first-order valence-electron chi connectivity index (χ1n) is 3.84. The van der Waals surface area contributed by atoms with Gasteiger partial charge >= 0.3 is 5.97 Å². The summed E-state index contributed by atoms with van der Waals surface area (Å²) in [4.78, 5) is 10.2. The van der Waals surface area contributed by atoms with Crippen LogP contribution >= 0.6 is 0 Å². The molecule has 0 heterocycles. The molecule has 1 aromatic rings. The number of carboxylic acid groups (broad SMARTS) is 1. The number of aliphatic carboxylic acids is 1. The van der Waals surface area contributed by atoms with Crippen molar-refractivity contribution in [2.24, 2.45) is 0 Å². The van der Waals surface area contributed by atoms with Crippen molar-refractivity contribution in [2.45, 2.75) is 6.10 Å². The summed E-state index contributed by atoms with van der Waals surface area (Å²) in [6.07, 6.45) is 1.37. The van der Waals surface area contributed by atoms with Crippen LogP contribution in [-0.2, 0) is 4.79 Å². The second-order valence-corrected chi connectivity index (χ2v) is 2.55. The summed E-state index contributed by atoms with van der Waals surface area (Å²) in [7, 11) is 0. The zero-order valence-corrected chi connectivity index (χ0v) is 6.92. The lowest BCUT2D eigenvalue weighted by Gasteiger charge is -1.96. The molecule has 68 valence electrons. The lowest BCUT2D eigenvalue weighted by Crippen LogP contribution is -2.15. The van der Waals surface area contributed by atoms with Crippen molar-refractivity contribution >= 4 is 12.0 Å². The van der Waals surface area contributed by atoms with Gasteiger partial charge < -0.3 is 10.2 Å². The number of aliphatic hydroxyl groups excluding tert-OH is 1. The number of carbonyl (C=O) groups is 1. The SMILES string of the molecule is O=C(O)[C@@H](O)/C=C/c1ccccc1. The summed E-state index contributed by atoms with van der Waals surface area (Å²) in [6, 6.07) is 9.20. The predicted molar refractivity (Wildman–Crippen MR) is 49.1 cm³/mol. The molecule has 1 atom stereocenters. The third kappa shape index (κ3) is 3.09. The fourth-order valence-corrected chi connectivity index (χ4v) is 0.849. The van der Waals surface area contributed by atoms with E-state index in [4.69, 9.17) is 10.2 Å². The van der Waals surface area contributed by atoms with Gasteiger partial charge in [-0.2, -0.15) is 0 Å². The minimum atomic E-state index is -1.43. The Bertz CT molecular complexity index is 303. The van der Waals surface area contributed by atoms with Gasteiger partial charge in [0.25, 0.3) is 0 Å². The van der Waals surface area contributed by atoms with Crippen LogP contribution in [0.15, 0.2) is 36.4 Å². The topological polar surface area (TPSA) is 57.5 Å². The maximum Gasteiger partial charge on any atom is 0.336 e. The Morgan fingerprint density at radius 2 is 1.92 bits per heavy atom. The van der Waals surface area contributed by atoms with Gasteiger partial charge in [-0.05, 0) is 11.6 Å². The number of aliphatic hydroxyl groups is 1. The summed E-state index contributed by atoms with van der Waals surface area (Å²) in [6.45, 7) is 0. The maximum absolute atomic E-state index is 10.2. The smallest absolute Gasteiger partial charge is 0.336 e. The van der Waals surface area contributed by atoms with Crippen molar-refractivity contribution < 1.29 is 15.0 Å². The summed E-state index contributed by atoms with van der Waals surface area (Å²) in [5.41, 5.74) is 0.864. The first-order chi connectivity index (χ1) is 6.20.